The first-order valence-electron chi connectivity index (χ1n) is 16.9. The first-order chi connectivity index (χ1) is 20.5. The molecule has 0 amide bonds. The van der Waals surface area contributed by atoms with Crippen LogP contribution in [-0.2, 0) is 12.8 Å². The topological polar surface area (TPSA) is 0 Å². The van der Waals surface area contributed by atoms with Crippen molar-refractivity contribution in [1.29, 1.82) is 0 Å². The van der Waals surface area contributed by atoms with Gasteiger partial charge in [-0.05, 0) is 0 Å². The van der Waals surface area contributed by atoms with E-state index >= 15 is 2.86 Å². The summed E-state index contributed by atoms with van der Waals surface area (Å²) in [5.41, 5.74) is 2.73. The van der Waals surface area contributed by atoms with Crippen LogP contribution in [0.15, 0.2) is 48.5 Å². The third kappa shape index (κ3) is 21.6. The Morgan fingerprint density at radius 3 is 0.929 bits per heavy atom. The molecule has 0 spiro atoms. The van der Waals surface area contributed by atoms with Gasteiger partial charge in [-0.3, -0.25) is 12.9 Å². The summed E-state index contributed by atoms with van der Waals surface area (Å²) in [5.74, 6) is 0. The molecular formula is C36H58BF4I. The molecular weight excluding hydrogens is 646 g/mol. The molecule has 240 valence electrons. The SMILES string of the molecule is CCCCCCCCCCCCc1ccc(I(F)c2ccc(CCCCCCCCCCCC)cc2)cc1.FB(F)F. The summed E-state index contributed by atoms with van der Waals surface area (Å²) in [7, 11) is -3.67. The zero-order valence-corrected chi connectivity index (χ0v) is 28.8. The van der Waals surface area contributed by atoms with E-state index in [1.807, 2.05) is 0 Å². The number of unbranched alkanes of at least 4 members (excludes halogenated alkanes) is 18. The second kappa shape index (κ2) is 27.5. The van der Waals surface area contributed by atoms with Gasteiger partial charge in [0.15, 0.2) is 0 Å². The Morgan fingerprint density at radius 1 is 0.429 bits per heavy atom. The Balaban J connectivity index is 0.00000206. The third-order valence-electron chi connectivity index (χ3n) is 7.85. The fourth-order valence-corrected chi connectivity index (χ4v) is 7.98. The van der Waals surface area contributed by atoms with E-state index in [1.54, 1.807) is 0 Å². The molecule has 0 aliphatic rings. The van der Waals surface area contributed by atoms with E-state index in [1.165, 1.54) is 140 Å². The van der Waals surface area contributed by atoms with Gasteiger partial charge in [0.1, 0.15) is 0 Å². The second-order valence-corrected chi connectivity index (χ2v) is 15.4. The van der Waals surface area contributed by atoms with E-state index in [2.05, 4.69) is 62.4 Å². The molecule has 42 heavy (non-hydrogen) atoms. The molecule has 0 fully saturated rings. The Kier molecular flexibility index (Phi) is 25.5. The minimum absolute atomic E-state index is 0.934. The van der Waals surface area contributed by atoms with Gasteiger partial charge >= 0.3 is 200 Å². The molecule has 0 atom stereocenters. The van der Waals surface area contributed by atoms with Crippen molar-refractivity contribution in [2.75, 3.05) is 0 Å². The van der Waals surface area contributed by atoms with Crippen LogP contribution in [0.1, 0.15) is 153 Å². The van der Waals surface area contributed by atoms with Crippen molar-refractivity contribution in [3.05, 3.63) is 66.8 Å². The van der Waals surface area contributed by atoms with Crippen LogP contribution < -0.4 is 0 Å². The van der Waals surface area contributed by atoms with Crippen LogP contribution in [0.5, 0.6) is 0 Å². The summed E-state index contributed by atoms with van der Waals surface area (Å²) >= 11 is -2.77. The van der Waals surface area contributed by atoms with Gasteiger partial charge in [0, 0.05) is 0 Å². The van der Waals surface area contributed by atoms with Crippen molar-refractivity contribution in [2.45, 2.75) is 155 Å². The van der Waals surface area contributed by atoms with Gasteiger partial charge in [-0.2, -0.15) is 0 Å². The zero-order chi connectivity index (χ0) is 30.7. The van der Waals surface area contributed by atoms with E-state index < -0.39 is 27.9 Å². The van der Waals surface area contributed by atoms with E-state index in [-0.39, 0.29) is 0 Å². The van der Waals surface area contributed by atoms with Crippen molar-refractivity contribution < 1.29 is 15.8 Å². The molecule has 0 aromatic heterocycles. The maximum Gasteiger partial charge on any atom is 0.762 e. The van der Waals surface area contributed by atoms with Crippen LogP contribution in [0.4, 0.5) is 15.8 Å². The predicted molar refractivity (Wildman–Crippen MR) is 186 cm³/mol. The number of hydrogen-bond acceptors (Lipinski definition) is 0. The minimum Gasteiger partial charge on any atom is -0.254 e. The van der Waals surface area contributed by atoms with Gasteiger partial charge in [-0.25, -0.2) is 0 Å². The molecule has 2 aromatic carbocycles. The molecule has 2 aromatic rings. The Hall–Kier alpha value is -1.05. The first kappa shape index (κ1) is 39.0. The Labute approximate surface area is 264 Å². The van der Waals surface area contributed by atoms with Gasteiger partial charge in [0.2, 0.25) is 0 Å². The van der Waals surface area contributed by atoms with Crippen molar-refractivity contribution in [1.82, 2.24) is 0 Å². The molecule has 0 radical (unpaired) electrons. The Morgan fingerprint density at radius 2 is 0.667 bits per heavy atom. The van der Waals surface area contributed by atoms with Gasteiger partial charge < -0.3 is 0 Å². The summed E-state index contributed by atoms with van der Waals surface area (Å²) < 4.78 is 46.2. The number of aryl methyl sites for hydroxylation is 2. The summed E-state index contributed by atoms with van der Waals surface area (Å²) in [5, 5.41) is 0. The third-order valence-corrected chi connectivity index (χ3v) is 11.5. The molecule has 0 aliphatic heterocycles. The van der Waals surface area contributed by atoms with Gasteiger partial charge in [-0.15, -0.1) is 0 Å². The van der Waals surface area contributed by atoms with E-state index in [0.717, 1.165) is 20.0 Å². The summed E-state index contributed by atoms with van der Waals surface area (Å²) in [6, 6.07) is 16.9. The van der Waals surface area contributed by atoms with E-state index in [9.17, 15) is 12.9 Å². The monoisotopic (exact) mass is 704 g/mol. The molecule has 0 aliphatic carbocycles. The average Bonchev–Trinajstić information content (AvgIpc) is 2.99. The number of hydrogen-bond donors (Lipinski definition) is 0. The average molecular weight is 705 g/mol. The van der Waals surface area contributed by atoms with Crippen molar-refractivity contribution in [2.24, 2.45) is 0 Å². The van der Waals surface area contributed by atoms with Crippen LogP contribution in [0.3, 0.4) is 0 Å². The fraction of sp³-hybridized carbons (Fsp3) is 0.667. The second-order valence-electron chi connectivity index (χ2n) is 11.6. The molecule has 0 nitrogen and oxygen atoms in total. The zero-order valence-electron chi connectivity index (χ0n) is 26.6. The predicted octanol–water partition coefficient (Wildman–Crippen LogP) is 13.9. The Bertz CT molecular complexity index is 774. The van der Waals surface area contributed by atoms with E-state index in [4.69, 9.17) is 0 Å². The van der Waals surface area contributed by atoms with Crippen LogP contribution in [0.25, 0.3) is 0 Å². The van der Waals surface area contributed by atoms with Crippen LogP contribution >= 0.6 is 20.4 Å². The molecule has 0 saturated heterocycles. The molecule has 6 heteroatoms. The number of halogens is 5. The van der Waals surface area contributed by atoms with Crippen molar-refractivity contribution in [3.8, 4) is 0 Å². The maximum absolute atomic E-state index is 15.3. The molecule has 0 N–H and O–H groups in total. The smallest absolute Gasteiger partial charge is 0.254 e. The maximum atomic E-state index is 15.3. The number of benzene rings is 2. The molecule has 2 rings (SSSR count). The number of rotatable bonds is 24. The first-order valence-corrected chi connectivity index (χ1v) is 19.9. The van der Waals surface area contributed by atoms with Gasteiger partial charge in [-0.1, -0.05) is 52.4 Å². The van der Waals surface area contributed by atoms with Crippen molar-refractivity contribution >= 4 is 27.9 Å². The van der Waals surface area contributed by atoms with Crippen molar-refractivity contribution in [3.63, 3.8) is 0 Å². The summed E-state index contributed by atoms with van der Waals surface area (Å²) in [6.07, 6.45) is 29.7. The van der Waals surface area contributed by atoms with Crippen LogP contribution in [0, 0.1) is 7.14 Å². The normalized spacial score (nSPS) is 11.2. The quantitative estimate of drug-likeness (QED) is 0.0442. The standard InChI is InChI=1S/C36H58FI.BF3/c1-3-5-7-9-11-13-15-17-19-21-23-33-25-29-35(30-26-33)38(37)36-31-27-34(28-32-36)24-22-20-18-16-14-12-10-8-6-4-2;2-1(3)4/h25-32H,3-24H2,1-2H3;. The van der Waals surface area contributed by atoms with Crippen LogP contribution in [0.2, 0.25) is 0 Å². The fourth-order valence-electron chi connectivity index (χ4n) is 5.28. The molecule has 0 bridgehead atoms. The van der Waals surface area contributed by atoms with Gasteiger partial charge in [0.25, 0.3) is 0 Å². The van der Waals surface area contributed by atoms with E-state index in [0.29, 0.717) is 0 Å². The van der Waals surface area contributed by atoms with Crippen LogP contribution in [-0.4, -0.2) is 7.54 Å². The summed E-state index contributed by atoms with van der Waals surface area (Å²) in [4.78, 5) is 0. The molecule has 0 heterocycles. The minimum atomic E-state index is -3.67. The van der Waals surface area contributed by atoms with Gasteiger partial charge in [0.05, 0.1) is 0 Å². The summed E-state index contributed by atoms with van der Waals surface area (Å²) in [6.45, 7) is 4.56. The molecule has 0 saturated carbocycles. The largest absolute Gasteiger partial charge is 0.762 e. The molecule has 0 unspecified atom stereocenters.